The molecule has 0 atom stereocenters. The van der Waals surface area contributed by atoms with Crippen LogP contribution in [-0.4, -0.2) is 35.0 Å². The Morgan fingerprint density at radius 1 is 1.17 bits per heavy atom. The molecule has 5 heteroatoms. The molecule has 1 N–H and O–H groups in total. The first-order valence-electron chi connectivity index (χ1n) is 8.07. The molecule has 1 fully saturated rings. The molecular formula is C18H22N4O. The Kier molecular flexibility index (Phi) is 4.86. The summed E-state index contributed by atoms with van der Waals surface area (Å²) in [5.41, 5.74) is 2.27. The largest absolute Gasteiger partial charge is 0.353 e. The molecule has 23 heavy (non-hydrogen) atoms. The van der Waals surface area contributed by atoms with E-state index in [1.165, 1.54) is 5.56 Å². The third kappa shape index (κ3) is 4.28. The lowest BCUT2D eigenvalue weighted by Crippen LogP contribution is -2.45. The molecule has 2 heterocycles. The topological polar surface area (TPSA) is 58.1 Å². The van der Waals surface area contributed by atoms with Crippen LogP contribution >= 0.6 is 0 Å². The molecule has 5 nitrogen and oxygen atoms in total. The number of nitrogens with one attached hydrogen (secondary N) is 1. The molecule has 0 bridgehead atoms. The van der Waals surface area contributed by atoms with Gasteiger partial charge in [0.25, 0.3) is 0 Å². The van der Waals surface area contributed by atoms with Gasteiger partial charge in [-0.2, -0.15) is 0 Å². The number of carbonyl (C=O) groups excluding carboxylic acids is 1. The van der Waals surface area contributed by atoms with Gasteiger partial charge in [-0.25, -0.2) is 9.97 Å². The number of rotatable bonds is 4. The van der Waals surface area contributed by atoms with Crippen LogP contribution in [0, 0.1) is 6.92 Å². The number of anilines is 1. The lowest BCUT2D eigenvalue weighted by Gasteiger charge is -2.32. The maximum absolute atomic E-state index is 12.2. The summed E-state index contributed by atoms with van der Waals surface area (Å²) in [6.07, 6.45) is 5.83. The fourth-order valence-corrected chi connectivity index (χ4v) is 2.85. The maximum atomic E-state index is 12.2. The molecule has 0 aliphatic carbocycles. The minimum atomic E-state index is 0.100. The Bertz CT molecular complexity index is 634. The first-order valence-corrected chi connectivity index (χ1v) is 8.07. The summed E-state index contributed by atoms with van der Waals surface area (Å²) in [6.45, 7) is 3.80. The number of aryl methyl sites for hydroxylation is 1. The number of hydrogen-bond acceptors (Lipinski definition) is 4. The molecule has 2 aromatic rings. The Labute approximate surface area is 136 Å². The SMILES string of the molecule is Cc1ccc(CC(=O)NC2CCN(c3ncccn3)CC2)cc1. The predicted octanol–water partition coefficient (Wildman–Crippen LogP) is 2.11. The Morgan fingerprint density at radius 2 is 1.83 bits per heavy atom. The van der Waals surface area contributed by atoms with E-state index < -0.39 is 0 Å². The fraction of sp³-hybridized carbons (Fsp3) is 0.389. The average Bonchev–Trinajstić information content (AvgIpc) is 2.58. The van der Waals surface area contributed by atoms with Crippen LogP contribution in [0.1, 0.15) is 24.0 Å². The highest BCUT2D eigenvalue weighted by atomic mass is 16.1. The van der Waals surface area contributed by atoms with Gasteiger partial charge in [0.1, 0.15) is 0 Å². The van der Waals surface area contributed by atoms with Crippen molar-refractivity contribution in [1.82, 2.24) is 15.3 Å². The highest BCUT2D eigenvalue weighted by Crippen LogP contribution is 2.15. The number of nitrogens with zero attached hydrogens (tertiary/aromatic N) is 3. The Hall–Kier alpha value is -2.43. The van der Waals surface area contributed by atoms with Crippen molar-refractivity contribution in [3.8, 4) is 0 Å². The summed E-state index contributed by atoms with van der Waals surface area (Å²) < 4.78 is 0. The van der Waals surface area contributed by atoms with Crippen LogP contribution in [0.2, 0.25) is 0 Å². The summed E-state index contributed by atoms with van der Waals surface area (Å²) in [6, 6.07) is 10.2. The molecule has 1 aliphatic rings. The van der Waals surface area contributed by atoms with Gasteiger partial charge in [-0.05, 0) is 31.4 Å². The van der Waals surface area contributed by atoms with Gasteiger partial charge < -0.3 is 10.2 Å². The second-order valence-corrected chi connectivity index (χ2v) is 6.04. The maximum Gasteiger partial charge on any atom is 0.225 e. The summed E-state index contributed by atoms with van der Waals surface area (Å²) in [7, 11) is 0. The highest BCUT2D eigenvalue weighted by Gasteiger charge is 2.21. The van der Waals surface area contributed by atoms with Gasteiger partial charge in [-0.1, -0.05) is 29.8 Å². The normalized spacial score (nSPS) is 15.4. The third-order valence-electron chi connectivity index (χ3n) is 4.18. The van der Waals surface area contributed by atoms with Gasteiger partial charge in [0.2, 0.25) is 11.9 Å². The van der Waals surface area contributed by atoms with Gasteiger partial charge in [0.05, 0.1) is 6.42 Å². The van der Waals surface area contributed by atoms with E-state index in [2.05, 4.69) is 20.2 Å². The minimum absolute atomic E-state index is 0.100. The molecule has 1 aromatic carbocycles. The van der Waals surface area contributed by atoms with Crippen LogP contribution in [0.5, 0.6) is 0 Å². The average molecular weight is 310 g/mol. The fourth-order valence-electron chi connectivity index (χ4n) is 2.85. The molecule has 0 unspecified atom stereocenters. The molecule has 0 spiro atoms. The van der Waals surface area contributed by atoms with E-state index in [9.17, 15) is 4.79 Å². The Balaban J connectivity index is 1.47. The monoisotopic (exact) mass is 310 g/mol. The van der Waals surface area contributed by atoms with Crippen LogP contribution in [0.4, 0.5) is 5.95 Å². The minimum Gasteiger partial charge on any atom is -0.353 e. The van der Waals surface area contributed by atoms with Crippen LogP contribution < -0.4 is 10.2 Å². The first-order chi connectivity index (χ1) is 11.2. The molecule has 1 saturated heterocycles. The smallest absolute Gasteiger partial charge is 0.225 e. The summed E-state index contributed by atoms with van der Waals surface area (Å²) in [5.74, 6) is 0.875. The predicted molar refractivity (Wildman–Crippen MR) is 90.3 cm³/mol. The number of piperidine rings is 1. The van der Waals surface area contributed by atoms with Crippen LogP contribution in [-0.2, 0) is 11.2 Å². The lowest BCUT2D eigenvalue weighted by atomic mass is 10.0. The van der Waals surface area contributed by atoms with Crippen LogP contribution in [0.3, 0.4) is 0 Å². The molecule has 1 aromatic heterocycles. The lowest BCUT2D eigenvalue weighted by molar-refractivity contribution is -0.121. The first kappa shape index (κ1) is 15.5. The third-order valence-corrected chi connectivity index (χ3v) is 4.18. The van der Waals surface area contributed by atoms with Crippen molar-refractivity contribution in [2.75, 3.05) is 18.0 Å². The van der Waals surface area contributed by atoms with Crippen molar-refractivity contribution in [3.63, 3.8) is 0 Å². The zero-order chi connectivity index (χ0) is 16.1. The van der Waals surface area contributed by atoms with Crippen molar-refractivity contribution in [3.05, 3.63) is 53.9 Å². The van der Waals surface area contributed by atoms with Gasteiger partial charge in [0.15, 0.2) is 0 Å². The molecular weight excluding hydrogens is 288 g/mol. The summed E-state index contributed by atoms with van der Waals surface area (Å²) >= 11 is 0. The van der Waals surface area contributed by atoms with Gasteiger partial charge in [0, 0.05) is 31.5 Å². The second-order valence-electron chi connectivity index (χ2n) is 6.04. The van der Waals surface area contributed by atoms with Crippen molar-refractivity contribution < 1.29 is 4.79 Å². The standard InChI is InChI=1S/C18H22N4O/c1-14-3-5-15(6-4-14)13-17(23)21-16-7-11-22(12-8-16)18-19-9-2-10-20-18/h2-6,9-10,16H,7-8,11-13H2,1H3,(H,21,23). The van der Waals surface area contributed by atoms with Crippen LogP contribution in [0.25, 0.3) is 0 Å². The van der Waals surface area contributed by atoms with Crippen molar-refractivity contribution in [2.24, 2.45) is 0 Å². The van der Waals surface area contributed by atoms with E-state index in [0.717, 1.165) is 37.4 Å². The number of amides is 1. The van der Waals surface area contributed by atoms with E-state index in [0.29, 0.717) is 6.42 Å². The summed E-state index contributed by atoms with van der Waals surface area (Å²) in [5, 5.41) is 3.15. The quantitative estimate of drug-likeness (QED) is 0.940. The zero-order valence-electron chi connectivity index (χ0n) is 13.4. The number of carbonyl (C=O) groups is 1. The molecule has 1 amide bonds. The van der Waals surface area contributed by atoms with E-state index in [1.807, 2.05) is 37.3 Å². The number of benzene rings is 1. The Morgan fingerprint density at radius 3 is 2.48 bits per heavy atom. The number of aromatic nitrogens is 2. The van der Waals surface area contributed by atoms with E-state index in [4.69, 9.17) is 0 Å². The zero-order valence-corrected chi connectivity index (χ0v) is 13.4. The molecule has 0 saturated carbocycles. The second kappa shape index (κ2) is 7.22. The molecule has 120 valence electrons. The molecule has 0 radical (unpaired) electrons. The van der Waals surface area contributed by atoms with Crippen molar-refractivity contribution in [1.29, 1.82) is 0 Å². The molecule has 1 aliphatic heterocycles. The highest BCUT2D eigenvalue weighted by molar-refractivity contribution is 5.78. The van der Waals surface area contributed by atoms with E-state index in [1.54, 1.807) is 12.4 Å². The summed E-state index contributed by atoms with van der Waals surface area (Å²) in [4.78, 5) is 22.9. The van der Waals surface area contributed by atoms with Crippen molar-refractivity contribution >= 4 is 11.9 Å². The van der Waals surface area contributed by atoms with Gasteiger partial charge >= 0.3 is 0 Å². The van der Waals surface area contributed by atoms with Crippen LogP contribution in [0.15, 0.2) is 42.7 Å². The van der Waals surface area contributed by atoms with Crippen molar-refractivity contribution in [2.45, 2.75) is 32.2 Å². The van der Waals surface area contributed by atoms with Gasteiger partial charge in [-0.15, -0.1) is 0 Å². The van der Waals surface area contributed by atoms with E-state index >= 15 is 0 Å². The molecule has 3 rings (SSSR count). The van der Waals surface area contributed by atoms with E-state index in [-0.39, 0.29) is 11.9 Å². The van der Waals surface area contributed by atoms with Gasteiger partial charge in [-0.3, -0.25) is 4.79 Å². The number of hydrogen-bond donors (Lipinski definition) is 1.